The Morgan fingerprint density at radius 2 is 1.89 bits per heavy atom. The lowest BCUT2D eigenvalue weighted by molar-refractivity contribution is -0.139. The van der Waals surface area contributed by atoms with Crippen LogP contribution in [-0.4, -0.2) is 118 Å². The summed E-state index contributed by atoms with van der Waals surface area (Å²) in [6, 6.07) is 7.37. The van der Waals surface area contributed by atoms with E-state index in [0.717, 1.165) is 35.9 Å². The van der Waals surface area contributed by atoms with E-state index in [-0.39, 0.29) is 42.6 Å². The first-order chi connectivity index (χ1) is 22.6. The summed E-state index contributed by atoms with van der Waals surface area (Å²) in [5, 5.41) is 31.1. The van der Waals surface area contributed by atoms with Gasteiger partial charge in [0.25, 0.3) is 0 Å². The van der Waals surface area contributed by atoms with E-state index in [9.17, 15) is 19.8 Å². The average Bonchev–Trinajstić information content (AvgIpc) is 3.45. The van der Waals surface area contributed by atoms with Gasteiger partial charge in [-0.3, -0.25) is 9.59 Å². The fourth-order valence-electron chi connectivity index (χ4n) is 6.10. The van der Waals surface area contributed by atoms with Crippen LogP contribution in [0.15, 0.2) is 29.4 Å². The lowest BCUT2D eigenvalue weighted by atomic mass is 9.82. The van der Waals surface area contributed by atoms with Crippen molar-refractivity contribution in [3.05, 3.63) is 35.7 Å². The number of hydrogen-bond donors (Lipinski definition) is 2. The Morgan fingerprint density at radius 3 is 2.53 bits per heavy atom. The normalized spacial score (nSPS) is 23.7. The molecule has 0 spiro atoms. The van der Waals surface area contributed by atoms with Gasteiger partial charge < -0.3 is 38.8 Å². The Bertz CT molecular complexity index is 1260. The topological polar surface area (TPSA) is 139 Å². The van der Waals surface area contributed by atoms with E-state index < -0.39 is 24.4 Å². The second-order valence-corrected chi connectivity index (χ2v) is 13.4. The molecule has 0 saturated carbocycles. The molecule has 1 aliphatic heterocycles. The Morgan fingerprint density at radius 1 is 1.13 bits per heavy atom. The largest absolute Gasteiger partial charge is 0.497 e. The van der Waals surface area contributed by atoms with Crippen molar-refractivity contribution in [3.63, 3.8) is 0 Å². The number of carbonyl (C=O) groups excluding carboxylic acids is 2. The lowest BCUT2D eigenvalue weighted by Crippen LogP contribution is -2.51. The number of methoxy groups -OCH3 is 2. The SMILES string of the molecule is CCCc1nnc(SCC(=O)N2CCCCOC[C@H](O)[C@H](O)[C@@H](OC)CN(C(C)=O)C[C@H](C(C)C)[C@H]2c2cccc(OC)c2)n1CC. The first-order valence-corrected chi connectivity index (χ1v) is 17.7. The molecule has 3 rings (SSSR count). The molecule has 2 aromatic rings. The van der Waals surface area contributed by atoms with Gasteiger partial charge in [0, 0.05) is 59.2 Å². The molecule has 2 heterocycles. The van der Waals surface area contributed by atoms with Gasteiger partial charge in [-0.05, 0) is 49.8 Å². The average molecular weight is 678 g/mol. The quantitative estimate of drug-likeness (QED) is 0.359. The molecule has 0 radical (unpaired) electrons. The third kappa shape index (κ3) is 10.6. The van der Waals surface area contributed by atoms with Crippen molar-refractivity contribution in [1.29, 1.82) is 0 Å². The maximum absolute atomic E-state index is 14.4. The van der Waals surface area contributed by atoms with E-state index in [4.69, 9.17) is 14.2 Å². The van der Waals surface area contributed by atoms with Crippen LogP contribution in [0.1, 0.15) is 71.3 Å². The molecule has 264 valence electrons. The monoisotopic (exact) mass is 677 g/mol. The number of aliphatic hydroxyl groups excluding tert-OH is 2. The highest BCUT2D eigenvalue weighted by Crippen LogP contribution is 2.37. The van der Waals surface area contributed by atoms with Gasteiger partial charge in [-0.2, -0.15) is 0 Å². The summed E-state index contributed by atoms with van der Waals surface area (Å²) >= 11 is 1.39. The molecule has 0 unspecified atom stereocenters. The number of aromatic nitrogens is 3. The number of thioether (sulfide) groups is 1. The maximum atomic E-state index is 14.4. The molecule has 2 N–H and O–H groups in total. The van der Waals surface area contributed by atoms with Crippen LogP contribution in [0.4, 0.5) is 0 Å². The van der Waals surface area contributed by atoms with Crippen LogP contribution in [0.25, 0.3) is 0 Å². The van der Waals surface area contributed by atoms with Crippen molar-refractivity contribution < 1.29 is 34.0 Å². The summed E-state index contributed by atoms with van der Waals surface area (Å²) in [6.07, 6.45) is -0.189. The number of ether oxygens (including phenoxy) is 3. The highest BCUT2D eigenvalue weighted by molar-refractivity contribution is 7.99. The van der Waals surface area contributed by atoms with Crippen LogP contribution >= 0.6 is 11.8 Å². The number of aliphatic hydroxyl groups is 2. The molecule has 47 heavy (non-hydrogen) atoms. The zero-order valence-electron chi connectivity index (χ0n) is 29.1. The van der Waals surface area contributed by atoms with Gasteiger partial charge in [-0.15, -0.1) is 10.2 Å². The number of nitrogens with zero attached hydrogens (tertiary/aromatic N) is 5. The molecule has 0 bridgehead atoms. The lowest BCUT2D eigenvalue weighted by Gasteiger charge is -2.42. The van der Waals surface area contributed by atoms with Crippen LogP contribution in [0, 0.1) is 11.8 Å². The van der Waals surface area contributed by atoms with E-state index in [2.05, 4.69) is 42.5 Å². The van der Waals surface area contributed by atoms with Gasteiger partial charge in [-0.1, -0.05) is 44.7 Å². The van der Waals surface area contributed by atoms with Crippen molar-refractivity contribution in [2.75, 3.05) is 52.8 Å². The zero-order chi connectivity index (χ0) is 34.5. The van der Waals surface area contributed by atoms with Gasteiger partial charge in [-0.25, -0.2) is 0 Å². The Labute approximate surface area is 284 Å². The Balaban J connectivity index is 2.08. The van der Waals surface area contributed by atoms with E-state index in [1.54, 1.807) is 12.0 Å². The molecule has 2 amide bonds. The minimum Gasteiger partial charge on any atom is -0.497 e. The second-order valence-electron chi connectivity index (χ2n) is 12.4. The molecule has 12 nitrogen and oxygen atoms in total. The fourth-order valence-corrected chi connectivity index (χ4v) is 7.01. The van der Waals surface area contributed by atoms with E-state index in [1.807, 2.05) is 29.2 Å². The predicted octanol–water partition coefficient (Wildman–Crippen LogP) is 3.59. The fraction of sp³-hybridized carbons (Fsp3) is 0.706. The number of amides is 2. The molecular weight excluding hydrogens is 622 g/mol. The highest BCUT2D eigenvalue weighted by atomic mass is 32.2. The molecule has 1 fully saturated rings. The van der Waals surface area contributed by atoms with Crippen molar-refractivity contribution >= 4 is 23.6 Å². The highest BCUT2D eigenvalue weighted by Gasteiger charge is 2.37. The van der Waals surface area contributed by atoms with E-state index >= 15 is 0 Å². The first-order valence-electron chi connectivity index (χ1n) is 16.8. The van der Waals surface area contributed by atoms with Gasteiger partial charge >= 0.3 is 0 Å². The second kappa shape index (κ2) is 19.3. The third-order valence-electron chi connectivity index (χ3n) is 8.84. The molecule has 13 heteroatoms. The summed E-state index contributed by atoms with van der Waals surface area (Å²) in [5.41, 5.74) is 0.908. The van der Waals surface area contributed by atoms with Gasteiger partial charge in [0.1, 0.15) is 29.9 Å². The van der Waals surface area contributed by atoms with Gasteiger partial charge in [0.05, 0.1) is 25.5 Å². The molecule has 1 aromatic carbocycles. The van der Waals surface area contributed by atoms with E-state index in [1.165, 1.54) is 25.8 Å². The Kier molecular flexibility index (Phi) is 15.9. The minimum absolute atomic E-state index is 0.0450. The molecular formula is C34H55N5O7S. The van der Waals surface area contributed by atoms with E-state index in [0.29, 0.717) is 38.3 Å². The summed E-state index contributed by atoms with van der Waals surface area (Å²) in [6.45, 7) is 11.7. The summed E-state index contributed by atoms with van der Waals surface area (Å²) in [4.78, 5) is 31.1. The smallest absolute Gasteiger partial charge is 0.233 e. The molecule has 1 saturated heterocycles. The van der Waals surface area contributed by atoms with Crippen molar-refractivity contribution in [2.24, 2.45) is 11.8 Å². The van der Waals surface area contributed by atoms with Gasteiger partial charge in [0.2, 0.25) is 11.8 Å². The number of carbonyl (C=O) groups is 2. The van der Waals surface area contributed by atoms with Crippen LogP contribution in [0.2, 0.25) is 0 Å². The zero-order valence-corrected chi connectivity index (χ0v) is 29.9. The van der Waals surface area contributed by atoms with Crippen LogP contribution < -0.4 is 4.74 Å². The Hall–Kier alpha value is -2.71. The van der Waals surface area contributed by atoms with Crippen LogP contribution in [-0.2, 0) is 32.0 Å². The number of aryl methyl sites for hydroxylation is 1. The van der Waals surface area contributed by atoms with Crippen LogP contribution in [0.5, 0.6) is 5.75 Å². The minimum atomic E-state index is -1.25. The third-order valence-corrected chi connectivity index (χ3v) is 9.79. The van der Waals surface area contributed by atoms with Crippen molar-refractivity contribution in [3.8, 4) is 5.75 Å². The summed E-state index contributed by atoms with van der Waals surface area (Å²) < 4.78 is 19.0. The van der Waals surface area contributed by atoms with Crippen molar-refractivity contribution in [1.82, 2.24) is 24.6 Å². The summed E-state index contributed by atoms with van der Waals surface area (Å²) in [5.74, 6) is 1.38. The first kappa shape index (κ1) is 38.7. The standard InChI is InChI=1S/C34H55N5O7S/c1-8-13-30-35-36-34(38(30)9-2)47-22-31(42)39-16-10-11-17-46-21-28(41)33(43)29(45-7)20-37(24(5)40)19-27(23(3)4)32(39)25-14-12-15-26(18-25)44-6/h12,14-15,18,23,27-29,32-33,41,43H,8-11,13,16-17,19-22H2,1-7H3/t27-,28+,29+,32-,33+/m1/s1. The maximum Gasteiger partial charge on any atom is 0.233 e. The molecule has 0 aliphatic carbocycles. The predicted molar refractivity (Wildman–Crippen MR) is 181 cm³/mol. The molecule has 1 aliphatic rings. The number of hydrogen-bond acceptors (Lipinski definition) is 10. The van der Waals surface area contributed by atoms with Gasteiger partial charge in [0.15, 0.2) is 5.16 Å². The van der Waals surface area contributed by atoms with Crippen LogP contribution in [0.3, 0.4) is 0 Å². The molecule has 5 atom stereocenters. The molecule has 1 aromatic heterocycles. The van der Waals surface area contributed by atoms with Crippen molar-refractivity contribution in [2.45, 2.75) is 96.4 Å². The number of benzene rings is 1. The summed E-state index contributed by atoms with van der Waals surface area (Å²) in [7, 11) is 3.07. The number of rotatable bonds is 10.